The number of carbonyl (C=O) groups excluding carboxylic acids is 1. The highest BCUT2D eigenvalue weighted by molar-refractivity contribution is 6.03. The highest BCUT2D eigenvalue weighted by Crippen LogP contribution is 2.06. The van der Waals surface area contributed by atoms with E-state index in [1.54, 1.807) is 18.2 Å². The van der Waals surface area contributed by atoms with Gasteiger partial charge in [0.25, 0.3) is 11.5 Å². The zero-order chi connectivity index (χ0) is 14.4. The van der Waals surface area contributed by atoms with E-state index in [0.29, 0.717) is 11.4 Å². The summed E-state index contributed by atoms with van der Waals surface area (Å²) in [5.74, 6) is 5.34. The predicted octanol–water partition coefficient (Wildman–Crippen LogP) is 0.332. The molecule has 4 N–H and O–H groups in total. The van der Waals surface area contributed by atoms with E-state index in [4.69, 9.17) is 5.73 Å². The van der Waals surface area contributed by atoms with E-state index >= 15 is 0 Å². The molecule has 0 saturated heterocycles. The number of rotatable bonds is 2. The first kappa shape index (κ1) is 13.5. The molecule has 2 aromatic rings. The lowest BCUT2D eigenvalue weighted by Crippen LogP contribution is -2.22. The minimum Gasteiger partial charge on any atom is -0.328 e. The van der Waals surface area contributed by atoms with Gasteiger partial charge in [0.15, 0.2) is 0 Å². The van der Waals surface area contributed by atoms with Crippen LogP contribution in [0.5, 0.6) is 0 Å². The van der Waals surface area contributed by atoms with Gasteiger partial charge in [-0.05, 0) is 24.3 Å². The lowest BCUT2D eigenvalue weighted by Gasteiger charge is -2.03. The summed E-state index contributed by atoms with van der Waals surface area (Å²) in [7, 11) is 0. The number of nitrogens with one attached hydrogen (secondary N) is 2. The molecule has 100 valence electrons. The Hall–Kier alpha value is -2.91. The van der Waals surface area contributed by atoms with Crippen LogP contribution in [0.1, 0.15) is 15.9 Å². The number of amides is 1. The van der Waals surface area contributed by atoms with E-state index in [2.05, 4.69) is 27.1 Å². The van der Waals surface area contributed by atoms with Gasteiger partial charge in [0.2, 0.25) is 0 Å². The number of anilines is 1. The predicted molar refractivity (Wildman–Crippen MR) is 75.2 cm³/mol. The molecule has 0 aliphatic rings. The molecule has 0 aromatic carbocycles. The van der Waals surface area contributed by atoms with Crippen molar-refractivity contribution < 1.29 is 4.79 Å². The van der Waals surface area contributed by atoms with Gasteiger partial charge < -0.3 is 16.0 Å². The Bertz CT molecular complexity index is 740. The minimum atomic E-state index is -0.525. The maximum Gasteiger partial charge on any atom is 0.262 e. The van der Waals surface area contributed by atoms with Crippen LogP contribution in [0.25, 0.3) is 0 Å². The molecule has 0 spiro atoms. The van der Waals surface area contributed by atoms with Crippen LogP contribution in [0.15, 0.2) is 41.5 Å². The van der Waals surface area contributed by atoms with Crippen LogP contribution in [0.2, 0.25) is 0 Å². The van der Waals surface area contributed by atoms with Gasteiger partial charge in [0.05, 0.1) is 6.54 Å². The molecule has 0 fully saturated rings. The molecular formula is C14H12N4O2. The summed E-state index contributed by atoms with van der Waals surface area (Å²) >= 11 is 0. The quantitative estimate of drug-likeness (QED) is 0.683. The van der Waals surface area contributed by atoms with E-state index in [9.17, 15) is 9.59 Å². The Labute approximate surface area is 115 Å². The van der Waals surface area contributed by atoms with Crippen molar-refractivity contribution in [3.63, 3.8) is 0 Å². The molecule has 0 atom stereocenters. The lowest BCUT2D eigenvalue weighted by molar-refractivity contribution is 0.102. The normalized spacial score (nSPS) is 9.45. The molecule has 2 rings (SSSR count). The Kier molecular flexibility index (Phi) is 4.27. The van der Waals surface area contributed by atoms with Gasteiger partial charge in [-0.3, -0.25) is 9.59 Å². The van der Waals surface area contributed by atoms with E-state index in [1.807, 2.05) is 0 Å². The van der Waals surface area contributed by atoms with Crippen molar-refractivity contribution in [3.8, 4) is 11.8 Å². The number of aromatic nitrogens is 2. The van der Waals surface area contributed by atoms with E-state index in [1.165, 1.54) is 18.5 Å². The highest BCUT2D eigenvalue weighted by Gasteiger charge is 2.10. The second-order valence-corrected chi connectivity index (χ2v) is 3.80. The van der Waals surface area contributed by atoms with Crippen LogP contribution in [0.3, 0.4) is 0 Å². The topological polar surface area (TPSA) is 101 Å². The lowest BCUT2D eigenvalue weighted by atomic mass is 10.2. The fraction of sp³-hybridized carbons (Fsp3) is 0.0714. The third-order valence-electron chi connectivity index (χ3n) is 2.40. The smallest absolute Gasteiger partial charge is 0.262 e. The Morgan fingerprint density at radius 1 is 1.45 bits per heavy atom. The van der Waals surface area contributed by atoms with Crippen molar-refractivity contribution >= 4 is 11.7 Å². The second kappa shape index (κ2) is 6.31. The van der Waals surface area contributed by atoms with Gasteiger partial charge in [-0.2, -0.15) is 0 Å². The number of carbonyl (C=O) groups is 1. The van der Waals surface area contributed by atoms with Crippen LogP contribution in [-0.2, 0) is 0 Å². The number of hydrogen-bond donors (Lipinski definition) is 3. The van der Waals surface area contributed by atoms with Crippen LogP contribution in [-0.4, -0.2) is 22.4 Å². The minimum absolute atomic E-state index is 0.0211. The summed E-state index contributed by atoms with van der Waals surface area (Å²) in [5, 5.41) is 2.55. The average Bonchev–Trinajstić information content (AvgIpc) is 2.46. The zero-order valence-corrected chi connectivity index (χ0v) is 10.5. The fourth-order valence-electron chi connectivity index (χ4n) is 1.51. The van der Waals surface area contributed by atoms with Crippen LogP contribution >= 0.6 is 0 Å². The van der Waals surface area contributed by atoms with E-state index < -0.39 is 11.5 Å². The number of nitrogens with two attached hydrogens (primary N) is 1. The summed E-state index contributed by atoms with van der Waals surface area (Å²) in [6.07, 6.45) is 2.98. The SMILES string of the molecule is NCC#Cc1ccnc(NC(=O)c2ccc[nH]c2=O)c1. The summed E-state index contributed by atoms with van der Waals surface area (Å²) in [5.41, 5.74) is 5.54. The van der Waals surface area contributed by atoms with Gasteiger partial charge >= 0.3 is 0 Å². The monoisotopic (exact) mass is 268 g/mol. The fourth-order valence-corrected chi connectivity index (χ4v) is 1.51. The number of nitrogens with zero attached hydrogens (tertiary/aromatic N) is 1. The molecule has 0 radical (unpaired) electrons. The van der Waals surface area contributed by atoms with Gasteiger partial charge in [-0.1, -0.05) is 11.8 Å². The molecule has 0 unspecified atom stereocenters. The Morgan fingerprint density at radius 2 is 2.30 bits per heavy atom. The van der Waals surface area contributed by atoms with Crippen molar-refractivity contribution in [3.05, 3.63) is 58.1 Å². The van der Waals surface area contributed by atoms with Crippen molar-refractivity contribution in [2.24, 2.45) is 5.73 Å². The maximum absolute atomic E-state index is 11.9. The molecule has 0 bridgehead atoms. The molecule has 1 amide bonds. The molecule has 20 heavy (non-hydrogen) atoms. The molecule has 6 heteroatoms. The van der Waals surface area contributed by atoms with Gasteiger partial charge in [0.1, 0.15) is 11.4 Å². The molecule has 0 aliphatic carbocycles. The van der Waals surface area contributed by atoms with Crippen LogP contribution in [0, 0.1) is 11.8 Å². The first-order chi connectivity index (χ1) is 9.70. The van der Waals surface area contributed by atoms with Gasteiger partial charge in [-0.25, -0.2) is 4.98 Å². The first-order valence-electron chi connectivity index (χ1n) is 5.85. The third-order valence-corrected chi connectivity index (χ3v) is 2.40. The van der Waals surface area contributed by atoms with E-state index in [-0.39, 0.29) is 12.1 Å². The second-order valence-electron chi connectivity index (χ2n) is 3.80. The molecule has 0 aliphatic heterocycles. The molecular weight excluding hydrogens is 256 g/mol. The molecule has 6 nitrogen and oxygen atoms in total. The van der Waals surface area contributed by atoms with Crippen molar-refractivity contribution in [2.75, 3.05) is 11.9 Å². The van der Waals surface area contributed by atoms with Crippen molar-refractivity contribution in [1.29, 1.82) is 0 Å². The van der Waals surface area contributed by atoms with Crippen LogP contribution < -0.4 is 16.6 Å². The number of pyridine rings is 2. The Balaban J connectivity index is 2.20. The summed E-state index contributed by atoms with van der Waals surface area (Å²) < 4.78 is 0. The maximum atomic E-state index is 11.9. The summed E-state index contributed by atoms with van der Waals surface area (Å²) in [6, 6.07) is 6.32. The first-order valence-corrected chi connectivity index (χ1v) is 5.85. The summed E-state index contributed by atoms with van der Waals surface area (Å²) in [4.78, 5) is 29.9. The molecule has 0 saturated carbocycles. The van der Waals surface area contributed by atoms with Crippen molar-refractivity contribution in [2.45, 2.75) is 0 Å². The Morgan fingerprint density at radius 3 is 3.05 bits per heavy atom. The number of H-pyrrole nitrogens is 1. The standard InChI is InChI=1S/C14H12N4O2/c15-6-1-3-10-5-8-16-12(9-10)18-14(20)11-4-2-7-17-13(11)19/h2,4-5,7-9H,6,15H2,(H,17,19)(H,16,18,20). The molecule has 2 aromatic heterocycles. The average molecular weight is 268 g/mol. The number of hydrogen-bond acceptors (Lipinski definition) is 4. The van der Waals surface area contributed by atoms with Crippen molar-refractivity contribution in [1.82, 2.24) is 9.97 Å². The zero-order valence-electron chi connectivity index (χ0n) is 10.5. The highest BCUT2D eigenvalue weighted by atomic mass is 16.2. The third kappa shape index (κ3) is 3.31. The van der Waals surface area contributed by atoms with Crippen LogP contribution in [0.4, 0.5) is 5.82 Å². The van der Waals surface area contributed by atoms with Gasteiger partial charge in [-0.15, -0.1) is 0 Å². The van der Waals surface area contributed by atoms with E-state index in [0.717, 1.165) is 0 Å². The summed E-state index contributed by atoms with van der Waals surface area (Å²) in [6.45, 7) is 0.253. The van der Waals surface area contributed by atoms with Gasteiger partial charge in [0, 0.05) is 18.0 Å². The number of aromatic amines is 1. The largest absolute Gasteiger partial charge is 0.328 e. The molecule has 2 heterocycles.